The third kappa shape index (κ3) is 5.01. The summed E-state index contributed by atoms with van der Waals surface area (Å²) in [5.74, 6) is -0.748. The van der Waals surface area contributed by atoms with E-state index in [1.165, 1.54) is 43.3 Å². The smallest absolute Gasteiger partial charge is 0.340 e. The fourth-order valence-electron chi connectivity index (χ4n) is 3.29. The summed E-state index contributed by atoms with van der Waals surface area (Å²) < 4.78 is 33.4. The van der Waals surface area contributed by atoms with Crippen molar-refractivity contribution in [1.29, 1.82) is 0 Å². The van der Waals surface area contributed by atoms with Crippen molar-refractivity contribution in [2.75, 3.05) is 4.72 Å². The SMILES string of the molecule is CC(OC(=O)c1ccccc1NS(=O)(=O)c1cccc([N+](=O)[O-])c1)c1nc2ccccc2c(=O)[nH]1. The van der Waals surface area contributed by atoms with Gasteiger partial charge in [0.2, 0.25) is 0 Å². The van der Waals surface area contributed by atoms with Crippen LogP contribution >= 0.6 is 0 Å². The van der Waals surface area contributed by atoms with Gasteiger partial charge in [-0.1, -0.05) is 30.3 Å². The highest BCUT2D eigenvalue weighted by Crippen LogP contribution is 2.25. The van der Waals surface area contributed by atoms with Gasteiger partial charge in [0.25, 0.3) is 21.3 Å². The van der Waals surface area contributed by atoms with Crippen LogP contribution in [0.15, 0.2) is 82.5 Å². The first-order chi connectivity index (χ1) is 16.7. The van der Waals surface area contributed by atoms with Gasteiger partial charge < -0.3 is 9.72 Å². The molecule has 178 valence electrons. The number of non-ortho nitro benzene ring substituents is 1. The number of aromatic amines is 1. The number of nitro groups is 1. The molecule has 4 aromatic rings. The molecule has 0 fully saturated rings. The van der Waals surface area contributed by atoms with Crippen LogP contribution in [-0.2, 0) is 14.8 Å². The molecular weight excluding hydrogens is 476 g/mol. The van der Waals surface area contributed by atoms with Gasteiger partial charge in [0.1, 0.15) is 0 Å². The number of carbonyl (C=O) groups excluding carboxylic acids is 1. The Morgan fingerprint density at radius 2 is 1.80 bits per heavy atom. The molecule has 0 amide bonds. The number of rotatable bonds is 7. The van der Waals surface area contributed by atoms with Crippen molar-refractivity contribution in [1.82, 2.24) is 9.97 Å². The van der Waals surface area contributed by atoms with Gasteiger partial charge in [-0.3, -0.25) is 19.6 Å². The Hall–Kier alpha value is -4.58. The molecule has 0 aliphatic rings. The number of carbonyl (C=O) groups is 1. The second-order valence-electron chi connectivity index (χ2n) is 7.42. The van der Waals surface area contributed by atoms with E-state index in [1.807, 2.05) is 0 Å². The van der Waals surface area contributed by atoms with Crippen molar-refractivity contribution in [3.63, 3.8) is 0 Å². The number of esters is 1. The first kappa shape index (κ1) is 23.6. The fourth-order valence-corrected chi connectivity index (χ4v) is 4.41. The van der Waals surface area contributed by atoms with Gasteiger partial charge in [-0.2, -0.15) is 0 Å². The highest BCUT2D eigenvalue weighted by atomic mass is 32.2. The molecule has 1 heterocycles. The first-order valence-electron chi connectivity index (χ1n) is 10.2. The lowest BCUT2D eigenvalue weighted by molar-refractivity contribution is -0.385. The number of hydrogen-bond acceptors (Lipinski definition) is 8. The van der Waals surface area contributed by atoms with Crippen LogP contribution in [0.25, 0.3) is 10.9 Å². The van der Waals surface area contributed by atoms with Gasteiger partial charge in [0.15, 0.2) is 11.9 Å². The minimum atomic E-state index is -4.26. The average molecular weight is 494 g/mol. The number of fused-ring (bicyclic) bond motifs is 1. The Kier molecular flexibility index (Phi) is 6.30. The molecule has 0 saturated carbocycles. The second-order valence-corrected chi connectivity index (χ2v) is 9.10. The Balaban J connectivity index is 1.59. The molecule has 0 aliphatic heterocycles. The van der Waals surface area contributed by atoms with E-state index in [1.54, 1.807) is 24.3 Å². The summed E-state index contributed by atoms with van der Waals surface area (Å²) in [7, 11) is -4.26. The number of nitro benzene ring substituents is 1. The van der Waals surface area contributed by atoms with Crippen LogP contribution in [0.2, 0.25) is 0 Å². The van der Waals surface area contributed by atoms with Crippen molar-refractivity contribution in [2.24, 2.45) is 0 Å². The standard InChI is InChI=1S/C23H18N4O7S/c1-14(21-24-19-11-4-2-9-17(19)22(28)25-21)34-23(29)18-10-3-5-12-20(18)26-35(32,33)16-8-6-7-15(13-16)27(30)31/h2-14,26H,1H3,(H,24,25,28). The topological polar surface area (TPSA) is 161 Å². The quantitative estimate of drug-likeness (QED) is 0.224. The number of H-pyrrole nitrogens is 1. The van der Waals surface area contributed by atoms with Crippen LogP contribution in [0.1, 0.15) is 29.2 Å². The predicted molar refractivity (Wildman–Crippen MR) is 127 cm³/mol. The molecule has 4 rings (SSSR count). The number of para-hydroxylation sites is 2. The minimum absolute atomic E-state index is 0.0869. The second kappa shape index (κ2) is 9.35. The van der Waals surface area contributed by atoms with E-state index >= 15 is 0 Å². The summed E-state index contributed by atoms with van der Waals surface area (Å²) in [6.07, 6.45) is -0.957. The average Bonchev–Trinajstić information content (AvgIpc) is 2.84. The maximum Gasteiger partial charge on any atom is 0.340 e. The van der Waals surface area contributed by atoms with Gasteiger partial charge in [0, 0.05) is 12.1 Å². The number of nitrogens with zero attached hydrogens (tertiary/aromatic N) is 2. The molecule has 1 atom stereocenters. The van der Waals surface area contributed by atoms with E-state index in [0.717, 1.165) is 12.1 Å². The van der Waals surface area contributed by atoms with Crippen LogP contribution in [0, 0.1) is 10.1 Å². The summed E-state index contributed by atoms with van der Waals surface area (Å²) in [5, 5.41) is 11.4. The third-order valence-corrected chi connectivity index (χ3v) is 6.39. The maximum atomic E-state index is 12.9. The van der Waals surface area contributed by atoms with Crippen LogP contribution in [0.4, 0.5) is 11.4 Å². The first-order valence-corrected chi connectivity index (χ1v) is 11.7. The largest absolute Gasteiger partial charge is 0.451 e. The van der Waals surface area contributed by atoms with Crippen molar-refractivity contribution in [3.8, 4) is 0 Å². The molecular formula is C23H18N4O7S. The summed E-state index contributed by atoms with van der Waals surface area (Å²) in [6.45, 7) is 1.51. The molecule has 0 saturated heterocycles. The normalized spacial score (nSPS) is 12.1. The Morgan fingerprint density at radius 1 is 1.09 bits per heavy atom. The number of sulfonamides is 1. The lowest BCUT2D eigenvalue weighted by Crippen LogP contribution is -2.19. The van der Waals surface area contributed by atoms with E-state index < -0.39 is 38.3 Å². The lowest BCUT2D eigenvalue weighted by atomic mass is 10.2. The third-order valence-electron chi connectivity index (χ3n) is 5.03. The van der Waals surface area contributed by atoms with Gasteiger partial charge in [-0.05, 0) is 37.3 Å². The summed E-state index contributed by atoms with van der Waals surface area (Å²) in [4.78, 5) is 42.1. The number of benzene rings is 3. The van der Waals surface area contributed by atoms with Gasteiger partial charge in [0.05, 0.1) is 32.0 Å². The fraction of sp³-hybridized carbons (Fsp3) is 0.0870. The number of hydrogen-bond donors (Lipinski definition) is 2. The number of anilines is 1. The van der Waals surface area contributed by atoms with E-state index in [9.17, 15) is 28.1 Å². The molecule has 3 aromatic carbocycles. The van der Waals surface area contributed by atoms with Gasteiger partial charge in [-0.25, -0.2) is 18.2 Å². The molecule has 11 nitrogen and oxygen atoms in total. The van der Waals surface area contributed by atoms with Gasteiger partial charge in [-0.15, -0.1) is 0 Å². The van der Waals surface area contributed by atoms with Crippen LogP contribution in [0.3, 0.4) is 0 Å². The Labute approximate surface area is 198 Å². The summed E-state index contributed by atoms with van der Waals surface area (Å²) in [6, 6.07) is 16.9. The van der Waals surface area contributed by atoms with E-state index in [0.29, 0.717) is 10.9 Å². The lowest BCUT2D eigenvalue weighted by Gasteiger charge is -2.16. The monoisotopic (exact) mass is 494 g/mol. The Bertz CT molecular complexity index is 1620. The minimum Gasteiger partial charge on any atom is -0.451 e. The predicted octanol–water partition coefficient (Wildman–Crippen LogP) is 3.55. The molecule has 1 aromatic heterocycles. The van der Waals surface area contributed by atoms with Crippen molar-refractivity contribution < 1.29 is 22.9 Å². The van der Waals surface area contributed by atoms with Crippen molar-refractivity contribution in [3.05, 3.63) is 105 Å². The number of nitrogens with one attached hydrogen (secondary N) is 2. The number of aromatic nitrogens is 2. The molecule has 0 bridgehead atoms. The highest BCUT2D eigenvalue weighted by Gasteiger charge is 2.23. The van der Waals surface area contributed by atoms with Crippen LogP contribution in [0.5, 0.6) is 0 Å². The summed E-state index contributed by atoms with van der Waals surface area (Å²) >= 11 is 0. The van der Waals surface area contributed by atoms with E-state index in [-0.39, 0.29) is 22.0 Å². The van der Waals surface area contributed by atoms with Crippen molar-refractivity contribution in [2.45, 2.75) is 17.9 Å². The van der Waals surface area contributed by atoms with E-state index in [4.69, 9.17) is 4.74 Å². The van der Waals surface area contributed by atoms with E-state index in [2.05, 4.69) is 14.7 Å². The molecule has 1 unspecified atom stereocenters. The van der Waals surface area contributed by atoms with Gasteiger partial charge >= 0.3 is 5.97 Å². The van der Waals surface area contributed by atoms with Crippen LogP contribution in [-0.4, -0.2) is 29.3 Å². The van der Waals surface area contributed by atoms with Crippen molar-refractivity contribution >= 4 is 38.3 Å². The zero-order valence-corrected chi connectivity index (χ0v) is 19.0. The molecule has 12 heteroatoms. The van der Waals surface area contributed by atoms with Crippen LogP contribution < -0.4 is 10.3 Å². The molecule has 0 radical (unpaired) electrons. The highest BCUT2D eigenvalue weighted by molar-refractivity contribution is 7.92. The molecule has 0 aliphatic carbocycles. The number of ether oxygens (including phenoxy) is 1. The zero-order valence-electron chi connectivity index (χ0n) is 18.2. The molecule has 2 N–H and O–H groups in total. The summed E-state index contributed by atoms with van der Waals surface area (Å²) in [5.41, 5.74) is -0.545. The zero-order chi connectivity index (χ0) is 25.2. The Morgan fingerprint density at radius 3 is 2.57 bits per heavy atom. The maximum absolute atomic E-state index is 12.9. The molecule has 35 heavy (non-hydrogen) atoms. The molecule has 0 spiro atoms.